The van der Waals surface area contributed by atoms with Gasteiger partial charge in [0.15, 0.2) is 0 Å². The zero-order valence-electron chi connectivity index (χ0n) is 15.7. The average Bonchev–Trinajstić information content (AvgIpc) is 3.07. The van der Waals surface area contributed by atoms with Crippen LogP contribution in [0, 0.1) is 13.8 Å². The fraction of sp³-hybridized carbons (Fsp3) is 0.136. The van der Waals surface area contributed by atoms with Gasteiger partial charge in [-0.3, -0.25) is 0 Å². The molecule has 2 heterocycles. The number of ether oxygens (including phenoxy) is 1. The third-order valence-electron chi connectivity index (χ3n) is 4.54. The molecular weight excluding hydrogens is 394 g/mol. The van der Waals surface area contributed by atoms with Crippen LogP contribution in [0.2, 0.25) is 5.02 Å². The lowest BCUT2D eigenvalue weighted by Gasteiger charge is -2.08. The Morgan fingerprint density at radius 2 is 1.93 bits per heavy atom. The van der Waals surface area contributed by atoms with Gasteiger partial charge in [-0.15, -0.1) is 0 Å². The van der Waals surface area contributed by atoms with E-state index in [1.54, 1.807) is 37.3 Å². The normalized spacial score (nSPS) is 11.0. The number of fused-ring (bicyclic) bond motifs is 1. The van der Waals surface area contributed by atoms with Gasteiger partial charge in [-0.1, -0.05) is 47.1 Å². The molecule has 0 aliphatic rings. The average molecular weight is 410 g/mol. The van der Waals surface area contributed by atoms with E-state index in [0.29, 0.717) is 38.6 Å². The Bertz CT molecular complexity index is 1290. The van der Waals surface area contributed by atoms with Crippen LogP contribution in [0.3, 0.4) is 0 Å². The van der Waals surface area contributed by atoms with Gasteiger partial charge in [-0.2, -0.15) is 0 Å². The quantitative estimate of drug-likeness (QED) is 0.345. The number of aryl methyl sites for hydroxylation is 2. The van der Waals surface area contributed by atoms with Crippen molar-refractivity contribution >= 4 is 28.5 Å². The van der Waals surface area contributed by atoms with E-state index in [4.69, 9.17) is 25.3 Å². The van der Waals surface area contributed by atoms with Crippen LogP contribution in [0.1, 0.15) is 27.2 Å². The number of halogens is 1. The number of aromatic nitrogens is 1. The predicted molar refractivity (Wildman–Crippen MR) is 108 cm³/mol. The molecule has 6 nitrogen and oxygen atoms in total. The fourth-order valence-corrected chi connectivity index (χ4v) is 3.35. The number of carbonyl (C=O) groups excluding carboxylic acids is 1. The van der Waals surface area contributed by atoms with Crippen molar-refractivity contribution in [2.45, 2.75) is 20.5 Å². The lowest BCUT2D eigenvalue weighted by atomic mass is 10.1. The molecular formula is C22H16ClNO5. The van der Waals surface area contributed by atoms with Gasteiger partial charge >= 0.3 is 11.6 Å². The predicted octanol–water partition coefficient (Wildman–Crippen LogP) is 5.08. The van der Waals surface area contributed by atoms with Crippen LogP contribution in [0.5, 0.6) is 0 Å². The van der Waals surface area contributed by atoms with Crippen LogP contribution in [0.15, 0.2) is 62.3 Å². The monoisotopic (exact) mass is 409 g/mol. The first-order valence-corrected chi connectivity index (χ1v) is 9.23. The Labute approximate surface area is 170 Å². The first-order valence-electron chi connectivity index (χ1n) is 8.85. The van der Waals surface area contributed by atoms with Gasteiger partial charge in [-0.25, -0.2) is 9.59 Å². The highest BCUT2D eigenvalue weighted by Gasteiger charge is 2.24. The van der Waals surface area contributed by atoms with Crippen LogP contribution < -0.4 is 5.63 Å². The molecule has 146 valence electrons. The smallest absolute Gasteiger partial charge is 0.344 e. The van der Waals surface area contributed by atoms with Crippen molar-refractivity contribution in [3.63, 3.8) is 0 Å². The summed E-state index contributed by atoms with van der Waals surface area (Å²) in [7, 11) is 0. The molecule has 0 fully saturated rings. The summed E-state index contributed by atoms with van der Waals surface area (Å²) in [6, 6.07) is 13.8. The summed E-state index contributed by atoms with van der Waals surface area (Å²) < 4.78 is 15.9. The molecule has 0 N–H and O–H groups in total. The molecule has 0 spiro atoms. The Balaban J connectivity index is 1.66. The summed E-state index contributed by atoms with van der Waals surface area (Å²) >= 11 is 6.23. The van der Waals surface area contributed by atoms with Gasteiger partial charge in [0, 0.05) is 22.6 Å². The second-order valence-corrected chi connectivity index (χ2v) is 7.02. The summed E-state index contributed by atoms with van der Waals surface area (Å²) in [6.07, 6.45) is 0. The molecule has 0 saturated carbocycles. The van der Waals surface area contributed by atoms with Crippen molar-refractivity contribution in [1.82, 2.24) is 5.16 Å². The Morgan fingerprint density at radius 1 is 1.14 bits per heavy atom. The van der Waals surface area contributed by atoms with Crippen LogP contribution in [0.4, 0.5) is 0 Å². The van der Waals surface area contributed by atoms with E-state index in [0.717, 1.165) is 5.56 Å². The molecule has 7 heteroatoms. The molecule has 29 heavy (non-hydrogen) atoms. The van der Waals surface area contributed by atoms with Crippen molar-refractivity contribution in [2.75, 3.05) is 0 Å². The largest absolute Gasteiger partial charge is 0.457 e. The van der Waals surface area contributed by atoms with Gasteiger partial charge in [0.25, 0.3) is 0 Å². The maximum Gasteiger partial charge on any atom is 0.344 e. The zero-order valence-corrected chi connectivity index (χ0v) is 16.4. The maximum absolute atomic E-state index is 12.8. The standard InChI is InChI=1S/C22H16ClNO5/c1-12-7-8-15-14(10-19(25)28-18(15)9-12)11-27-22(26)20-13(2)29-24-21(20)16-5-3-4-6-17(16)23/h3-10H,11H2,1-2H3. The number of benzene rings is 2. The zero-order chi connectivity index (χ0) is 20.5. The van der Waals surface area contributed by atoms with Gasteiger partial charge in [0.05, 0.1) is 5.02 Å². The summed E-state index contributed by atoms with van der Waals surface area (Å²) in [4.78, 5) is 24.7. The Morgan fingerprint density at radius 3 is 2.72 bits per heavy atom. The SMILES string of the molecule is Cc1ccc2c(COC(=O)c3c(-c4ccccc4Cl)noc3C)cc(=O)oc2c1. The highest BCUT2D eigenvalue weighted by Crippen LogP contribution is 2.31. The fourth-order valence-electron chi connectivity index (χ4n) is 3.12. The summed E-state index contributed by atoms with van der Waals surface area (Å²) in [5, 5.41) is 5.12. The van der Waals surface area contributed by atoms with Gasteiger partial charge in [0.2, 0.25) is 0 Å². The summed E-state index contributed by atoms with van der Waals surface area (Å²) in [6.45, 7) is 3.42. The van der Waals surface area contributed by atoms with Crippen molar-refractivity contribution in [3.05, 3.63) is 86.4 Å². The summed E-state index contributed by atoms with van der Waals surface area (Å²) in [5.74, 6) is -0.301. The van der Waals surface area contributed by atoms with E-state index >= 15 is 0 Å². The Hall–Kier alpha value is -3.38. The minimum atomic E-state index is -0.618. The van der Waals surface area contributed by atoms with Crippen LogP contribution in [-0.4, -0.2) is 11.1 Å². The van der Waals surface area contributed by atoms with E-state index in [2.05, 4.69) is 5.16 Å². The van der Waals surface area contributed by atoms with Crippen molar-refractivity contribution < 1.29 is 18.5 Å². The molecule has 0 saturated heterocycles. The highest BCUT2D eigenvalue weighted by atomic mass is 35.5. The molecule has 0 amide bonds. The maximum atomic E-state index is 12.8. The van der Waals surface area contributed by atoms with Gasteiger partial charge in [-0.05, 0) is 31.5 Å². The molecule has 2 aromatic heterocycles. The third-order valence-corrected chi connectivity index (χ3v) is 4.87. The molecule has 0 aliphatic heterocycles. The molecule has 0 radical (unpaired) electrons. The second-order valence-electron chi connectivity index (χ2n) is 6.61. The topological polar surface area (TPSA) is 82.5 Å². The van der Waals surface area contributed by atoms with E-state index in [1.165, 1.54) is 6.07 Å². The third kappa shape index (κ3) is 3.67. The first-order chi connectivity index (χ1) is 13.9. The van der Waals surface area contributed by atoms with Crippen molar-refractivity contribution in [3.8, 4) is 11.3 Å². The number of hydrogen-bond donors (Lipinski definition) is 0. The molecule has 0 aliphatic carbocycles. The molecule has 4 rings (SSSR count). The Kier molecular flexibility index (Phi) is 4.94. The lowest BCUT2D eigenvalue weighted by Crippen LogP contribution is -2.09. The second kappa shape index (κ2) is 7.56. The van der Waals surface area contributed by atoms with E-state index in [1.807, 2.05) is 19.1 Å². The lowest BCUT2D eigenvalue weighted by molar-refractivity contribution is 0.0472. The number of rotatable bonds is 4. The molecule has 0 atom stereocenters. The van der Waals surface area contributed by atoms with E-state index < -0.39 is 11.6 Å². The van der Waals surface area contributed by atoms with Crippen molar-refractivity contribution in [2.24, 2.45) is 0 Å². The minimum Gasteiger partial charge on any atom is -0.457 e. The molecule has 0 unspecified atom stereocenters. The molecule has 2 aromatic carbocycles. The van der Waals surface area contributed by atoms with Gasteiger partial charge < -0.3 is 13.7 Å². The number of nitrogens with zero attached hydrogens (tertiary/aromatic N) is 1. The van der Waals surface area contributed by atoms with Crippen LogP contribution in [-0.2, 0) is 11.3 Å². The van der Waals surface area contributed by atoms with Crippen LogP contribution in [0.25, 0.3) is 22.2 Å². The summed E-state index contributed by atoms with van der Waals surface area (Å²) in [5.41, 5.74) is 2.53. The number of carbonyl (C=O) groups is 1. The highest BCUT2D eigenvalue weighted by molar-refractivity contribution is 6.33. The molecule has 4 aromatic rings. The van der Waals surface area contributed by atoms with Gasteiger partial charge in [0.1, 0.15) is 29.2 Å². The first kappa shape index (κ1) is 19.0. The van der Waals surface area contributed by atoms with Crippen LogP contribution >= 0.6 is 11.6 Å². The number of hydrogen-bond acceptors (Lipinski definition) is 6. The minimum absolute atomic E-state index is 0.101. The number of esters is 1. The van der Waals surface area contributed by atoms with E-state index in [-0.39, 0.29) is 12.2 Å². The van der Waals surface area contributed by atoms with Crippen molar-refractivity contribution in [1.29, 1.82) is 0 Å². The van der Waals surface area contributed by atoms with E-state index in [9.17, 15) is 9.59 Å². The molecule has 0 bridgehead atoms.